The van der Waals surface area contributed by atoms with Crippen molar-refractivity contribution in [2.24, 2.45) is 0 Å². The van der Waals surface area contributed by atoms with E-state index in [1.54, 1.807) is 0 Å². The molecule has 0 aliphatic rings. The maximum Gasteiger partial charge on any atom is 0.270 e. The van der Waals surface area contributed by atoms with E-state index in [1.807, 2.05) is 13.8 Å². The van der Waals surface area contributed by atoms with Gasteiger partial charge >= 0.3 is 0 Å². The third-order valence-electron chi connectivity index (χ3n) is 5.53. The zero-order valence-corrected chi connectivity index (χ0v) is 26.3. The number of rotatable bonds is 8. The first-order valence-electron chi connectivity index (χ1n) is 12.0. The van der Waals surface area contributed by atoms with Crippen molar-refractivity contribution in [3.8, 4) is 33.8 Å². The lowest BCUT2D eigenvalue weighted by molar-refractivity contribution is -0.385. The Morgan fingerprint density at radius 3 is 1.19 bits per heavy atom. The summed E-state index contributed by atoms with van der Waals surface area (Å²) in [6, 6.07) is 13.3. The highest BCUT2D eigenvalue weighted by molar-refractivity contribution is 6.42. The van der Waals surface area contributed by atoms with Crippen LogP contribution in [0.2, 0.25) is 30.1 Å². The Morgan fingerprint density at radius 2 is 0.929 bits per heavy atom. The summed E-state index contributed by atoms with van der Waals surface area (Å²) in [7, 11) is 0. The third-order valence-corrected chi connectivity index (χ3v) is 7.16. The molecule has 0 aliphatic heterocycles. The molecule has 0 saturated heterocycles. The number of ether oxygens (including phenoxy) is 2. The van der Waals surface area contributed by atoms with Gasteiger partial charge < -0.3 is 9.47 Å². The van der Waals surface area contributed by atoms with Crippen molar-refractivity contribution in [1.29, 1.82) is 0 Å². The number of nitro benzene ring substituents is 2. The normalized spacial score (nSPS) is 10.6. The average Bonchev–Trinajstić information content (AvgIpc) is 2.89. The van der Waals surface area contributed by atoms with Crippen molar-refractivity contribution >= 4 is 81.0 Å². The second-order valence-electron chi connectivity index (χ2n) is 8.25. The van der Waals surface area contributed by atoms with Crippen molar-refractivity contribution in [3.05, 3.63) is 111 Å². The summed E-state index contributed by atoms with van der Waals surface area (Å²) in [6.45, 7) is 5.67. The van der Waals surface area contributed by atoms with Gasteiger partial charge in [-0.1, -0.05) is 69.6 Å². The number of hydrogen-bond donors (Lipinski definition) is 0. The van der Waals surface area contributed by atoms with E-state index >= 15 is 0 Å². The highest BCUT2D eigenvalue weighted by Gasteiger charge is 2.23. The molecular weight excluding hydrogens is 673 g/mol. The lowest BCUT2D eigenvalue weighted by Crippen LogP contribution is -1.97. The van der Waals surface area contributed by atoms with Crippen LogP contribution < -0.4 is 4.74 Å². The maximum absolute atomic E-state index is 11.5. The number of halogens is 6. The van der Waals surface area contributed by atoms with Gasteiger partial charge in [0.2, 0.25) is 0 Å². The summed E-state index contributed by atoms with van der Waals surface area (Å²) >= 11 is 37.7. The molecule has 4 rings (SSSR count). The van der Waals surface area contributed by atoms with Crippen LogP contribution in [0.5, 0.6) is 11.5 Å². The van der Waals surface area contributed by atoms with Gasteiger partial charge in [-0.05, 0) is 50.2 Å². The third kappa shape index (κ3) is 8.17. The first-order valence-corrected chi connectivity index (χ1v) is 14.3. The Hall–Kier alpha value is -2.82. The van der Waals surface area contributed by atoms with Crippen LogP contribution in [0.15, 0.2) is 60.7 Å². The molecule has 0 radical (unpaired) electrons. The number of hydrogen-bond acceptors (Lipinski definition) is 6. The first kappa shape index (κ1) is 33.7. The molecule has 0 aliphatic carbocycles. The van der Waals surface area contributed by atoms with E-state index < -0.39 is 9.85 Å². The fourth-order valence-electron chi connectivity index (χ4n) is 3.75. The Bertz CT molecular complexity index is 1480. The van der Waals surface area contributed by atoms with Crippen LogP contribution in [0.3, 0.4) is 0 Å². The standard InChI is InChI=1S/C24H10Cl6N2O5.C4H10O/c25-11-5-17(27)23(18(28)6-11)15-9-13(31(33)34)1-3-21(15)37-22-4-2-14(32(35)36)10-16(22)24-19(29)7-12(26)8-20(24)30;1-3-5-4-2/h1-10H;3-4H2,1-2H3. The number of benzene rings is 4. The molecule has 0 atom stereocenters. The molecule has 4 aromatic carbocycles. The molecule has 14 heteroatoms. The van der Waals surface area contributed by atoms with Crippen LogP contribution in [-0.4, -0.2) is 23.1 Å². The van der Waals surface area contributed by atoms with Gasteiger partial charge in [-0.3, -0.25) is 20.2 Å². The predicted octanol–water partition coefficient (Wildman–Crippen LogP) is 11.6. The minimum atomic E-state index is -0.588. The van der Waals surface area contributed by atoms with Gasteiger partial charge in [0.1, 0.15) is 11.5 Å². The number of nitro groups is 2. The summed E-state index contributed by atoms with van der Waals surface area (Å²) in [6.07, 6.45) is 0. The predicted molar refractivity (Wildman–Crippen MR) is 169 cm³/mol. The van der Waals surface area contributed by atoms with E-state index in [2.05, 4.69) is 0 Å². The van der Waals surface area contributed by atoms with Crippen molar-refractivity contribution in [3.63, 3.8) is 0 Å². The van der Waals surface area contributed by atoms with Crippen molar-refractivity contribution in [2.75, 3.05) is 13.2 Å². The smallest absolute Gasteiger partial charge is 0.270 e. The van der Waals surface area contributed by atoms with Gasteiger partial charge in [-0.25, -0.2) is 0 Å². The summed E-state index contributed by atoms with van der Waals surface area (Å²) in [4.78, 5) is 21.8. The largest absolute Gasteiger partial charge is 0.456 e. The molecule has 0 aromatic heterocycles. The van der Waals surface area contributed by atoms with Crippen LogP contribution in [0.1, 0.15) is 13.8 Å². The summed E-state index contributed by atoms with van der Waals surface area (Å²) in [5, 5.41) is 24.0. The van der Waals surface area contributed by atoms with E-state index in [1.165, 1.54) is 60.7 Å². The molecule has 0 amide bonds. The Morgan fingerprint density at radius 1 is 0.595 bits per heavy atom. The molecule has 0 unspecified atom stereocenters. The molecule has 0 fully saturated rings. The lowest BCUT2D eigenvalue weighted by atomic mass is 10.0. The van der Waals surface area contributed by atoms with Gasteiger partial charge in [0, 0.05) is 69.8 Å². The number of nitrogens with zero attached hydrogens (tertiary/aromatic N) is 2. The molecule has 0 N–H and O–H groups in total. The maximum atomic E-state index is 11.5. The zero-order chi connectivity index (χ0) is 31.1. The second kappa shape index (κ2) is 15.1. The van der Waals surface area contributed by atoms with Crippen LogP contribution in [-0.2, 0) is 4.74 Å². The molecule has 0 spiro atoms. The molecule has 0 bridgehead atoms. The molecule has 4 aromatic rings. The fourth-order valence-corrected chi connectivity index (χ4v) is 5.79. The molecule has 0 saturated carbocycles. The lowest BCUT2D eigenvalue weighted by Gasteiger charge is -2.17. The topological polar surface area (TPSA) is 105 Å². The molecule has 220 valence electrons. The van der Waals surface area contributed by atoms with Gasteiger partial charge in [0.25, 0.3) is 11.4 Å². The summed E-state index contributed by atoms with van der Waals surface area (Å²) in [5.74, 6) is 0.209. The zero-order valence-electron chi connectivity index (χ0n) is 21.8. The first-order chi connectivity index (χ1) is 19.9. The average molecular weight is 693 g/mol. The minimum Gasteiger partial charge on any atom is -0.456 e. The fraction of sp³-hybridized carbons (Fsp3) is 0.143. The van der Waals surface area contributed by atoms with Crippen molar-refractivity contribution < 1.29 is 19.3 Å². The molecule has 8 nitrogen and oxygen atoms in total. The van der Waals surface area contributed by atoms with Crippen molar-refractivity contribution in [1.82, 2.24) is 0 Å². The van der Waals surface area contributed by atoms with Crippen molar-refractivity contribution in [2.45, 2.75) is 13.8 Å². The van der Waals surface area contributed by atoms with Gasteiger partial charge in [0.15, 0.2) is 0 Å². The van der Waals surface area contributed by atoms with Gasteiger partial charge in [-0.15, -0.1) is 0 Å². The van der Waals surface area contributed by atoms with E-state index in [-0.39, 0.29) is 75.3 Å². The quantitative estimate of drug-likeness (QED) is 0.134. The Kier molecular flexibility index (Phi) is 12.1. The highest BCUT2D eigenvalue weighted by Crippen LogP contribution is 2.48. The van der Waals surface area contributed by atoms with E-state index in [0.717, 1.165) is 13.2 Å². The molecular formula is C28H20Cl6N2O6. The number of non-ortho nitro benzene ring substituents is 2. The Labute approximate surface area is 270 Å². The molecule has 0 heterocycles. The summed E-state index contributed by atoms with van der Waals surface area (Å²) < 4.78 is 11.0. The minimum absolute atomic E-state index is 0.105. The van der Waals surface area contributed by atoms with Crippen LogP contribution >= 0.6 is 69.6 Å². The van der Waals surface area contributed by atoms with Crippen LogP contribution in [0, 0.1) is 20.2 Å². The Balaban J connectivity index is 0.000000892. The monoisotopic (exact) mass is 690 g/mol. The van der Waals surface area contributed by atoms with Gasteiger partial charge in [-0.2, -0.15) is 0 Å². The van der Waals surface area contributed by atoms with E-state index in [0.29, 0.717) is 0 Å². The van der Waals surface area contributed by atoms with E-state index in [4.69, 9.17) is 79.1 Å². The highest BCUT2D eigenvalue weighted by atomic mass is 35.5. The SMILES string of the molecule is CCOCC.O=[N+]([O-])c1ccc(Oc2ccc([N+](=O)[O-])cc2-c2c(Cl)cc(Cl)cc2Cl)c(-c2c(Cl)cc(Cl)cc2Cl)c1. The van der Waals surface area contributed by atoms with Crippen LogP contribution in [0.4, 0.5) is 11.4 Å². The van der Waals surface area contributed by atoms with Gasteiger partial charge in [0.05, 0.1) is 29.9 Å². The second-order valence-corrected chi connectivity index (χ2v) is 10.7. The van der Waals surface area contributed by atoms with Crippen LogP contribution in [0.25, 0.3) is 22.3 Å². The van der Waals surface area contributed by atoms with E-state index in [9.17, 15) is 20.2 Å². The molecule has 42 heavy (non-hydrogen) atoms. The summed E-state index contributed by atoms with van der Waals surface area (Å²) in [5.41, 5.74) is 0.320.